The number of carbonyl (C=O) groups is 1. The van der Waals surface area contributed by atoms with E-state index in [1.54, 1.807) is 24.3 Å². The zero-order valence-electron chi connectivity index (χ0n) is 15.4. The summed E-state index contributed by atoms with van der Waals surface area (Å²) in [5.41, 5.74) is 2.94. The summed E-state index contributed by atoms with van der Waals surface area (Å²) in [5, 5.41) is 4.96. The number of hydrazone groups is 1. The molecule has 9 heteroatoms. The predicted octanol–water partition coefficient (Wildman–Crippen LogP) is 4.59. The molecule has 0 fully saturated rings. The van der Waals surface area contributed by atoms with Crippen LogP contribution in [0, 0.1) is 12.3 Å². The molecule has 0 aliphatic rings. The lowest BCUT2D eigenvalue weighted by molar-refractivity contribution is -0.123. The Labute approximate surface area is 183 Å². The van der Waals surface area contributed by atoms with Gasteiger partial charge in [-0.2, -0.15) is 5.10 Å². The topological polar surface area (TPSA) is 69.2 Å². The normalized spacial score (nSPS) is 10.4. The molecule has 29 heavy (non-hydrogen) atoms. The van der Waals surface area contributed by atoms with Gasteiger partial charge in [0, 0.05) is 5.02 Å². The third-order valence-electron chi connectivity index (χ3n) is 3.29. The Kier molecular flexibility index (Phi) is 8.94. The molecule has 0 aromatic heterocycles. The minimum atomic E-state index is -0.475. The molecule has 0 bridgehead atoms. The van der Waals surface area contributed by atoms with Crippen LogP contribution < -0.4 is 19.6 Å². The second kappa shape index (κ2) is 11.4. The summed E-state index contributed by atoms with van der Waals surface area (Å²) in [7, 11) is 0. The van der Waals surface area contributed by atoms with Crippen molar-refractivity contribution in [3.63, 3.8) is 0 Å². The molecule has 2 aromatic rings. The number of ether oxygens (including phenoxy) is 3. The highest BCUT2D eigenvalue weighted by atomic mass is 35.5. The maximum absolute atomic E-state index is 11.9. The molecular weight excluding hydrogens is 439 g/mol. The summed E-state index contributed by atoms with van der Waals surface area (Å²) >= 11 is 18.0. The van der Waals surface area contributed by atoms with Gasteiger partial charge in [-0.15, -0.1) is 6.42 Å². The molecule has 0 heterocycles. The first kappa shape index (κ1) is 22.7. The van der Waals surface area contributed by atoms with Crippen LogP contribution in [0.4, 0.5) is 0 Å². The number of benzene rings is 2. The van der Waals surface area contributed by atoms with E-state index in [-0.39, 0.29) is 13.2 Å². The van der Waals surface area contributed by atoms with Gasteiger partial charge < -0.3 is 14.2 Å². The van der Waals surface area contributed by atoms with Gasteiger partial charge in [-0.25, -0.2) is 5.43 Å². The van der Waals surface area contributed by atoms with Gasteiger partial charge in [0.2, 0.25) is 0 Å². The molecule has 0 saturated heterocycles. The number of nitrogens with one attached hydrogen (secondary N) is 1. The van der Waals surface area contributed by atoms with Crippen molar-refractivity contribution < 1.29 is 19.0 Å². The fourth-order valence-electron chi connectivity index (χ4n) is 2.13. The number of amides is 1. The number of nitrogens with zero attached hydrogens (tertiary/aromatic N) is 1. The molecule has 2 rings (SSSR count). The van der Waals surface area contributed by atoms with E-state index in [2.05, 4.69) is 16.4 Å². The van der Waals surface area contributed by atoms with Gasteiger partial charge >= 0.3 is 0 Å². The fraction of sp³-hybridized carbons (Fsp3) is 0.200. The maximum Gasteiger partial charge on any atom is 0.277 e. The molecule has 2 aromatic carbocycles. The molecule has 0 radical (unpaired) electrons. The van der Waals surface area contributed by atoms with E-state index in [9.17, 15) is 4.79 Å². The highest BCUT2D eigenvalue weighted by molar-refractivity contribution is 6.35. The summed E-state index contributed by atoms with van der Waals surface area (Å²) in [5.74, 6) is 3.00. The molecule has 1 amide bonds. The summed E-state index contributed by atoms with van der Waals surface area (Å²) in [6.45, 7) is 2.01. The highest BCUT2D eigenvalue weighted by Gasteiger charge is 2.12. The number of hydrogen-bond acceptors (Lipinski definition) is 5. The van der Waals surface area contributed by atoms with Gasteiger partial charge in [-0.3, -0.25) is 4.79 Å². The largest absolute Gasteiger partial charge is 0.490 e. The van der Waals surface area contributed by atoms with Crippen molar-refractivity contribution in [1.29, 1.82) is 0 Å². The second-order valence-corrected chi connectivity index (χ2v) is 6.66. The highest BCUT2D eigenvalue weighted by Crippen LogP contribution is 2.36. The Bertz CT molecular complexity index is 942. The van der Waals surface area contributed by atoms with Crippen LogP contribution in [-0.4, -0.2) is 31.9 Å². The minimum absolute atomic E-state index is 0.0565. The van der Waals surface area contributed by atoms with Gasteiger partial charge in [0.15, 0.2) is 18.1 Å². The molecule has 0 aliphatic carbocycles. The molecule has 6 nitrogen and oxygen atoms in total. The van der Waals surface area contributed by atoms with Crippen molar-refractivity contribution >= 4 is 46.9 Å². The molecule has 0 aliphatic heterocycles. The first-order chi connectivity index (χ1) is 13.9. The lowest BCUT2D eigenvalue weighted by Crippen LogP contribution is -2.24. The first-order valence-electron chi connectivity index (χ1n) is 8.37. The molecule has 0 spiro atoms. The van der Waals surface area contributed by atoms with Crippen LogP contribution in [-0.2, 0) is 4.79 Å². The average molecular weight is 456 g/mol. The van der Waals surface area contributed by atoms with E-state index in [4.69, 9.17) is 55.4 Å². The van der Waals surface area contributed by atoms with E-state index in [0.29, 0.717) is 44.5 Å². The Morgan fingerprint density at radius 1 is 1.14 bits per heavy atom. The third kappa shape index (κ3) is 7.06. The molecular formula is C20H17Cl3N2O4. The standard InChI is InChI=1S/C20H17Cl3N2O4/c1-3-7-28-20-16(23)8-13(9-18(20)27-4-2)11-24-25-19(26)12-29-17-6-5-14(21)10-15(17)22/h1,5-6,8-11H,4,7,12H2,2H3,(H,25,26)/b24-11+. The number of rotatable bonds is 9. The Hall–Kier alpha value is -2.59. The molecule has 152 valence electrons. The molecule has 0 unspecified atom stereocenters. The van der Waals surface area contributed by atoms with Crippen molar-refractivity contribution in [3.05, 3.63) is 51.0 Å². The Morgan fingerprint density at radius 3 is 2.62 bits per heavy atom. The van der Waals surface area contributed by atoms with Gasteiger partial charge in [0.05, 0.1) is 22.9 Å². The quantitative estimate of drug-likeness (QED) is 0.341. The van der Waals surface area contributed by atoms with E-state index >= 15 is 0 Å². The van der Waals surface area contributed by atoms with E-state index in [1.807, 2.05) is 6.92 Å². The van der Waals surface area contributed by atoms with Crippen LogP contribution >= 0.6 is 34.8 Å². The number of carbonyl (C=O) groups excluding carboxylic acids is 1. The Balaban J connectivity index is 1.98. The minimum Gasteiger partial charge on any atom is -0.490 e. The van der Waals surface area contributed by atoms with Crippen molar-refractivity contribution in [3.8, 4) is 29.6 Å². The van der Waals surface area contributed by atoms with Crippen LogP contribution in [0.2, 0.25) is 15.1 Å². The molecule has 0 saturated carbocycles. The molecule has 1 N–H and O–H groups in total. The Morgan fingerprint density at radius 2 is 1.93 bits per heavy atom. The van der Waals surface area contributed by atoms with Gasteiger partial charge in [-0.1, -0.05) is 40.7 Å². The van der Waals surface area contributed by atoms with Crippen molar-refractivity contribution in [2.24, 2.45) is 5.10 Å². The maximum atomic E-state index is 11.9. The smallest absolute Gasteiger partial charge is 0.277 e. The van der Waals surface area contributed by atoms with Crippen molar-refractivity contribution in [1.82, 2.24) is 5.43 Å². The summed E-state index contributed by atoms with van der Waals surface area (Å²) in [6, 6.07) is 7.97. The number of halogens is 3. The van der Waals surface area contributed by atoms with Crippen LogP contribution in [0.25, 0.3) is 0 Å². The predicted molar refractivity (Wildman–Crippen MR) is 115 cm³/mol. The zero-order chi connectivity index (χ0) is 21.2. The molecule has 0 atom stereocenters. The number of terminal acetylenes is 1. The zero-order valence-corrected chi connectivity index (χ0v) is 17.6. The van der Waals surface area contributed by atoms with Crippen LogP contribution in [0.1, 0.15) is 12.5 Å². The first-order valence-corrected chi connectivity index (χ1v) is 9.50. The van der Waals surface area contributed by atoms with Crippen LogP contribution in [0.5, 0.6) is 17.2 Å². The summed E-state index contributed by atoms with van der Waals surface area (Å²) in [4.78, 5) is 11.9. The van der Waals surface area contributed by atoms with E-state index < -0.39 is 5.91 Å². The third-order valence-corrected chi connectivity index (χ3v) is 4.10. The van der Waals surface area contributed by atoms with Crippen LogP contribution in [0.3, 0.4) is 0 Å². The SMILES string of the molecule is C#CCOc1c(Cl)cc(/C=N/NC(=O)COc2ccc(Cl)cc2Cl)cc1OCC. The average Bonchev–Trinajstić information content (AvgIpc) is 2.67. The summed E-state index contributed by atoms with van der Waals surface area (Å²) in [6.07, 6.45) is 6.62. The van der Waals surface area contributed by atoms with Gasteiger partial charge in [0.1, 0.15) is 12.4 Å². The summed E-state index contributed by atoms with van der Waals surface area (Å²) < 4.78 is 16.3. The van der Waals surface area contributed by atoms with E-state index in [0.717, 1.165) is 0 Å². The monoisotopic (exact) mass is 454 g/mol. The van der Waals surface area contributed by atoms with Crippen molar-refractivity contribution in [2.45, 2.75) is 6.92 Å². The van der Waals surface area contributed by atoms with E-state index in [1.165, 1.54) is 12.3 Å². The number of hydrogen-bond donors (Lipinski definition) is 1. The van der Waals surface area contributed by atoms with Crippen LogP contribution in [0.15, 0.2) is 35.4 Å². The fourth-order valence-corrected chi connectivity index (χ4v) is 2.86. The second-order valence-electron chi connectivity index (χ2n) is 5.41. The lowest BCUT2D eigenvalue weighted by atomic mass is 10.2. The van der Waals surface area contributed by atoms with Crippen molar-refractivity contribution in [2.75, 3.05) is 19.8 Å². The van der Waals surface area contributed by atoms with Gasteiger partial charge in [-0.05, 0) is 42.8 Å². The lowest BCUT2D eigenvalue weighted by Gasteiger charge is -2.12. The van der Waals surface area contributed by atoms with Gasteiger partial charge in [0.25, 0.3) is 5.91 Å².